The Hall–Kier alpha value is -1.09. The zero-order valence-corrected chi connectivity index (χ0v) is 8.69. The van der Waals surface area contributed by atoms with Crippen molar-refractivity contribution in [2.75, 3.05) is 24.7 Å². The van der Waals surface area contributed by atoms with Gasteiger partial charge in [0.25, 0.3) is 0 Å². The van der Waals surface area contributed by atoms with Gasteiger partial charge in [0, 0.05) is 24.3 Å². The van der Waals surface area contributed by atoms with Crippen LogP contribution in [0.1, 0.15) is 24.5 Å². The molecule has 0 bridgehead atoms. The van der Waals surface area contributed by atoms with Crippen molar-refractivity contribution in [2.45, 2.75) is 18.9 Å². The van der Waals surface area contributed by atoms with E-state index >= 15 is 0 Å². The van der Waals surface area contributed by atoms with E-state index in [1.165, 1.54) is 0 Å². The number of benzene rings is 1. The van der Waals surface area contributed by atoms with Crippen molar-refractivity contribution >= 4 is 5.69 Å². The maximum absolute atomic E-state index is 12.1. The van der Waals surface area contributed by atoms with E-state index in [0.717, 1.165) is 30.8 Å². The Morgan fingerprint density at radius 3 is 3.00 bits per heavy atom. The minimum Gasteiger partial charge on any atom is -0.388 e. The molecule has 0 radical (unpaired) electrons. The Kier molecular flexibility index (Phi) is 3.21. The molecule has 1 aliphatic heterocycles. The third kappa shape index (κ3) is 2.12. The molecule has 0 spiro atoms. The molecule has 1 heterocycles. The topological polar surface area (TPSA) is 23.5 Å². The molecule has 1 aromatic rings. The minimum absolute atomic E-state index is 0.277. The summed E-state index contributed by atoms with van der Waals surface area (Å²) < 4.78 is 12.1. The van der Waals surface area contributed by atoms with Crippen LogP contribution in [0.3, 0.4) is 0 Å². The maximum Gasteiger partial charge on any atom is 0.0911 e. The molecule has 1 unspecified atom stereocenters. The van der Waals surface area contributed by atoms with Crippen LogP contribution in [0, 0.1) is 0 Å². The van der Waals surface area contributed by atoms with Crippen LogP contribution in [0.5, 0.6) is 0 Å². The summed E-state index contributed by atoms with van der Waals surface area (Å²) >= 11 is 0. The predicted octanol–water partition coefficient (Wildman–Crippen LogP) is 2.29. The summed E-state index contributed by atoms with van der Waals surface area (Å²) in [4.78, 5) is 2.15. The summed E-state index contributed by atoms with van der Waals surface area (Å²) in [5, 5.41) is 9.80. The molecule has 0 fully saturated rings. The van der Waals surface area contributed by atoms with Crippen molar-refractivity contribution in [2.24, 2.45) is 0 Å². The second kappa shape index (κ2) is 4.62. The Labute approximate surface area is 89.3 Å². The van der Waals surface area contributed by atoms with Gasteiger partial charge in [-0.2, -0.15) is 0 Å². The van der Waals surface area contributed by atoms with Gasteiger partial charge in [-0.15, -0.1) is 0 Å². The average molecular weight is 209 g/mol. The molecule has 2 rings (SSSR count). The Bertz CT molecular complexity index is 329. The van der Waals surface area contributed by atoms with E-state index in [1.54, 1.807) is 0 Å². The second-order valence-electron chi connectivity index (χ2n) is 3.89. The van der Waals surface area contributed by atoms with Gasteiger partial charge >= 0.3 is 0 Å². The monoisotopic (exact) mass is 209 g/mol. The molecule has 0 saturated carbocycles. The molecule has 1 aromatic carbocycles. The van der Waals surface area contributed by atoms with Crippen molar-refractivity contribution in [1.82, 2.24) is 0 Å². The summed E-state index contributed by atoms with van der Waals surface area (Å²) in [5.41, 5.74) is 2.03. The number of para-hydroxylation sites is 1. The van der Waals surface area contributed by atoms with Gasteiger partial charge in [0.1, 0.15) is 0 Å². The van der Waals surface area contributed by atoms with Gasteiger partial charge in [-0.1, -0.05) is 18.2 Å². The molecular weight excluding hydrogens is 193 g/mol. The first-order chi connectivity index (χ1) is 7.33. The highest BCUT2D eigenvalue weighted by Gasteiger charge is 2.22. The van der Waals surface area contributed by atoms with E-state index < -0.39 is 0 Å². The number of anilines is 1. The van der Waals surface area contributed by atoms with Gasteiger partial charge < -0.3 is 10.0 Å². The quantitative estimate of drug-likeness (QED) is 0.825. The summed E-state index contributed by atoms with van der Waals surface area (Å²) in [6.07, 6.45) is 0.941. The molecule has 15 heavy (non-hydrogen) atoms. The fourth-order valence-electron chi connectivity index (χ4n) is 2.09. The Morgan fingerprint density at radius 2 is 2.20 bits per heavy atom. The summed E-state index contributed by atoms with van der Waals surface area (Å²) in [6.45, 7) is 1.28. The maximum atomic E-state index is 12.1. The lowest BCUT2D eigenvalue weighted by molar-refractivity contribution is 0.164. The minimum atomic E-state index is -0.358. The zero-order valence-electron chi connectivity index (χ0n) is 8.69. The molecule has 0 aliphatic carbocycles. The Balaban J connectivity index is 2.20. The largest absolute Gasteiger partial charge is 0.388 e. The number of rotatable bonds is 3. The van der Waals surface area contributed by atoms with E-state index in [2.05, 4.69) is 4.90 Å². The van der Waals surface area contributed by atoms with Crippen LogP contribution in [0.4, 0.5) is 10.1 Å². The molecule has 82 valence electrons. The van der Waals surface area contributed by atoms with Crippen molar-refractivity contribution in [3.63, 3.8) is 0 Å². The fraction of sp³-hybridized carbons (Fsp3) is 0.500. The molecule has 0 amide bonds. The smallest absolute Gasteiger partial charge is 0.0911 e. The first-order valence-corrected chi connectivity index (χ1v) is 5.41. The molecule has 1 N–H and O–H groups in total. The van der Waals surface area contributed by atoms with E-state index in [1.807, 2.05) is 24.3 Å². The van der Waals surface area contributed by atoms with E-state index in [9.17, 15) is 9.50 Å². The van der Waals surface area contributed by atoms with Crippen LogP contribution in [0.15, 0.2) is 24.3 Å². The Morgan fingerprint density at radius 1 is 1.40 bits per heavy atom. The third-order valence-electron chi connectivity index (χ3n) is 2.87. The number of alkyl halides is 1. The van der Waals surface area contributed by atoms with Gasteiger partial charge in [-0.25, -0.2) is 0 Å². The van der Waals surface area contributed by atoms with Gasteiger partial charge in [-0.3, -0.25) is 4.39 Å². The van der Waals surface area contributed by atoms with E-state index in [-0.39, 0.29) is 12.8 Å². The van der Waals surface area contributed by atoms with Crippen LogP contribution >= 0.6 is 0 Å². The zero-order chi connectivity index (χ0) is 10.7. The molecule has 1 atom stereocenters. The van der Waals surface area contributed by atoms with Crippen LogP contribution in [0.25, 0.3) is 0 Å². The average Bonchev–Trinajstić information content (AvgIpc) is 2.29. The van der Waals surface area contributed by atoms with Crippen LogP contribution < -0.4 is 4.90 Å². The van der Waals surface area contributed by atoms with Crippen molar-refractivity contribution in [1.29, 1.82) is 0 Å². The lowest BCUT2D eigenvalue weighted by atomic mass is 9.99. The number of aliphatic hydroxyl groups is 1. The highest BCUT2D eigenvalue weighted by molar-refractivity contribution is 5.56. The lowest BCUT2D eigenvalue weighted by Crippen LogP contribution is -2.32. The number of halogens is 1. The lowest BCUT2D eigenvalue weighted by Gasteiger charge is -2.33. The summed E-state index contributed by atoms with van der Waals surface area (Å²) in [7, 11) is 0. The predicted molar refractivity (Wildman–Crippen MR) is 58.8 cm³/mol. The van der Waals surface area contributed by atoms with Crippen molar-refractivity contribution in [3.05, 3.63) is 29.8 Å². The normalized spacial score (nSPS) is 20.1. The number of fused-ring (bicyclic) bond motifs is 1. The highest BCUT2D eigenvalue weighted by Crippen LogP contribution is 2.33. The SMILES string of the molecule is OC1CCN(CCCF)c2ccccc21. The van der Waals surface area contributed by atoms with E-state index in [0.29, 0.717) is 6.42 Å². The van der Waals surface area contributed by atoms with Gasteiger partial charge in [-0.05, 0) is 18.9 Å². The number of hydrogen-bond donors (Lipinski definition) is 1. The van der Waals surface area contributed by atoms with Crippen LogP contribution in [-0.4, -0.2) is 24.9 Å². The summed E-state index contributed by atoms with van der Waals surface area (Å²) in [5.74, 6) is 0. The second-order valence-corrected chi connectivity index (χ2v) is 3.89. The number of hydrogen-bond acceptors (Lipinski definition) is 2. The number of aliphatic hydroxyl groups excluding tert-OH is 1. The fourth-order valence-corrected chi connectivity index (χ4v) is 2.09. The van der Waals surface area contributed by atoms with Gasteiger partial charge in [0.15, 0.2) is 0 Å². The first-order valence-electron chi connectivity index (χ1n) is 5.41. The molecule has 0 aromatic heterocycles. The third-order valence-corrected chi connectivity index (χ3v) is 2.87. The van der Waals surface area contributed by atoms with E-state index in [4.69, 9.17) is 0 Å². The molecule has 1 aliphatic rings. The van der Waals surface area contributed by atoms with Crippen molar-refractivity contribution < 1.29 is 9.50 Å². The highest BCUT2D eigenvalue weighted by atomic mass is 19.1. The van der Waals surface area contributed by atoms with Crippen molar-refractivity contribution in [3.8, 4) is 0 Å². The van der Waals surface area contributed by atoms with Gasteiger partial charge in [0.05, 0.1) is 12.8 Å². The molecule has 2 nitrogen and oxygen atoms in total. The van der Waals surface area contributed by atoms with Gasteiger partial charge in [0.2, 0.25) is 0 Å². The molecule has 0 saturated heterocycles. The molecular formula is C12H16FNO. The summed E-state index contributed by atoms with van der Waals surface area (Å²) in [6, 6.07) is 7.83. The van der Waals surface area contributed by atoms with Crippen LogP contribution in [0.2, 0.25) is 0 Å². The molecule has 3 heteroatoms. The van der Waals surface area contributed by atoms with Crippen LogP contribution in [-0.2, 0) is 0 Å². The standard InChI is InChI=1S/C12H16FNO/c13-7-3-8-14-9-6-12(15)10-4-1-2-5-11(10)14/h1-2,4-5,12,15H,3,6-9H2. The number of nitrogens with zero attached hydrogens (tertiary/aromatic N) is 1. The first kappa shape index (κ1) is 10.4.